The summed E-state index contributed by atoms with van der Waals surface area (Å²) in [5.74, 6) is -2.51. The lowest BCUT2D eigenvalue weighted by atomic mass is 9.71. The highest BCUT2D eigenvalue weighted by Gasteiger charge is 2.60. The molecule has 6 aliphatic heterocycles. The van der Waals surface area contributed by atoms with Crippen molar-refractivity contribution < 1.29 is 62.4 Å². The number of ether oxygens (including phenoxy) is 10. The standard InChI is InChI=1S/C49H75NO13/c1-12-26(2)44-29(5)18-19-48(63-44)24-35-21-34(62-48)17-16-28(4)43(27(3)14-13-15-33-25-56-46-42(51)30(6)20-36(47(52)59-35)49(33,46)53)60-40-23-38(55-11)45(32(8)58-40)61-39-22-37(54-10)41(50-9)31(7)57-39/h13-16,18-20,26-27,29,31-32,34-46,50-51,53H,12,17,21-25H2,1-11H3/b14-13+,28-16+,33-15+/t26-,27-,29-,31-,32-,34+,35-,36-,37-,38-,39-,40-,41-,42+,43-,44+,45-,46+,48+,49+/m0/s1. The molecule has 4 fully saturated rings. The summed E-state index contributed by atoms with van der Waals surface area (Å²) in [4.78, 5) is 14.4. The predicted octanol–water partition coefficient (Wildman–Crippen LogP) is 5.60. The summed E-state index contributed by atoms with van der Waals surface area (Å²) in [5.41, 5.74) is 0.180. The van der Waals surface area contributed by atoms with E-state index in [0.29, 0.717) is 43.3 Å². The smallest absolute Gasteiger partial charge is 0.316 e. The minimum absolute atomic E-state index is 0.0411. The van der Waals surface area contributed by atoms with Gasteiger partial charge in [-0.15, -0.1) is 0 Å². The van der Waals surface area contributed by atoms with Gasteiger partial charge in [-0.05, 0) is 69.9 Å². The first-order valence-corrected chi connectivity index (χ1v) is 23.4. The van der Waals surface area contributed by atoms with Crippen LogP contribution in [0.3, 0.4) is 0 Å². The van der Waals surface area contributed by atoms with Crippen LogP contribution in [0.4, 0.5) is 0 Å². The van der Waals surface area contributed by atoms with Crippen molar-refractivity contribution in [3.63, 3.8) is 0 Å². The Morgan fingerprint density at radius 1 is 0.921 bits per heavy atom. The highest BCUT2D eigenvalue weighted by molar-refractivity contribution is 5.78. The number of carbonyl (C=O) groups excluding carboxylic acids is 1. The summed E-state index contributed by atoms with van der Waals surface area (Å²) in [6, 6.07) is 0.0442. The van der Waals surface area contributed by atoms with E-state index in [-0.39, 0.29) is 67.0 Å². The average Bonchev–Trinajstić information content (AvgIpc) is 3.60. The summed E-state index contributed by atoms with van der Waals surface area (Å²) in [7, 11) is 5.30. The number of esters is 1. The molecule has 2 bridgehead atoms. The molecule has 0 aromatic carbocycles. The van der Waals surface area contributed by atoms with Crippen LogP contribution in [0.5, 0.6) is 0 Å². The first kappa shape index (κ1) is 48.6. The van der Waals surface area contributed by atoms with Crippen molar-refractivity contribution in [2.24, 2.45) is 23.7 Å². The minimum Gasteiger partial charge on any atom is -0.462 e. The number of nitrogens with one attached hydrogen (secondary N) is 1. The highest BCUT2D eigenvalue weighted by atomic mass is 16.7. The molecule has 63 heavy (non-hydrogen) atoms. The van der Waals surface area contributed by atoms with Crippen LogP contribution in [0.15, 0.2) is 59.3 Å². The molecule has 3 N–H and O–H groups in total. The van der Waals surface area contributed by atoms with Crippen LogP contribution in [-0.4, -0.2) is 141 Å². The van der Waals surface area contributed by atoms with Crippen molar-refractivity contribution in [1.29, 1.82) is 0 Å². The van der Waals surface area contributed by atoms with Crippen LogP contribution in [0.2, 0.25) is 0 Å². The van der Waals surface area contributed by atoms with Gasteiger partial charge in [-0.1, -0.05) is 70.6 Å². The fourth-order valence-corrected chi connectivity index (χ4v) is 11.0. The lowest BCUT2D eigenvalue weighted by Crippen LogP contribution is -2.58. The van der Waals surface area contributed by atoms with Gasteiger partial charge in [0.15, 0.2) is 18.4 Å². The molecule has 20 atom stereocenters. The topological polar surface area (TPSA) is 162 Å². The maximum atomic E-state index is 14.4. The molecular formula is C49H75NO13. The third-order valence-corrected chi connectivity index (χ3v) is 14.9. The molecule has 14 nitrogen and oxygen atoms in total. The fourth-order valence-electron chi connectivity index (χ4n) is 11.0. The molecule has 0 saturated carbocycles. The average molecular weight is 886 g/mol. The highest BCUT2D eigenvalue weighted by Crippen LogP contribution is 2.47. The molecule has 4 saturated heterocycles. The third-order valence-electron chi connectivity index (χ3n) is 14.9. The normalized spacial score (nSPS) is 48.6. The monoisotopic (exact) mass is 886 g/mol. The van der Waals surface area contributed by atoms with Gasteiger partial charge in [0.05, 0.1) is 55.4 Å². The van der Waals surface area contributed by atoms with E-state index in [4.69, 9.17) is 47.4 Å². The van der Waals surface area contributed by atoms with Crippen LogP contribution in [0.1, 0.15) is 93.9 Å². The van der Waals surface area contributed by atoms with Crippen LogP contribution in [0.25, 0.3) is 0 Å². The van der Waals surface area contributed by atoms with Gasteiger partial charge in [0.2, 0.25) is 0 Å². The van der Waals surface area contributed by atoms with E-state index in [1.807, 2.05) is 39.1 Å². The number of hydrogen-bond acceptors (Lipinski definition) is 14. The molecule has 0 radical (unpaired) electrons. The molecule has 7 aliphatic rings. The number of methoxy groups -OCH3 is 2. The molecule has 0 aromatic rings. The van der Waals surface area contributed by atoms with Crippen molar-refractivity contribution in [3.05, 3.63) is 59.3 Å². The largest absolute Gasteiger partial charge is 0.462 e. The van der Waals surface area contributed by atoms with Gasteiger partial charge in [0, 0.05) is 51.7 Å². The zero-order chi connectivity index (χ0) is 45.4. The Labute approximate surface area is 374 Å². The molecule has 354 valence electrons. The van der Waals surface area contributed by atoms with E-state index in [0.717, 1.165) is 12.0 Å². The molecule has 7 rings (SSSR count). The van der Waals surface area contributed by atoms with Crippen molar-refractivity contribution in [1.82, 2.24) is 5.32 Å². The molecule has 0 amide bonds. The number of aliphatic hydroxyl groups excluding tert-OH is 1. The van der Waals surface area contributed by atoms with Gasteiger partial charge in [-0.2, -0.15) is 0 Å². The second kappa shape index (κ2) is 20.3. The fraction of sp³-hybridized carbons (Fsp3) is 0.776. The Balaban J connectivity index is 1.18. The van der Waals surface area contributed by atoms with Gasteiger partial charge >= 0.3 is 5.97 Å². The Bertz CT molecular complexity index is 1750. The van der Waals surface area contributed by atoms with Crippen molar-refractivity contribution in [2.75, 3.05) is 27.9 Å². The number of allylic oxidation sites excluding steroid dienone is 2. The lowest BCUT2D eigenvalue weighted by molar-refractivity contribution is -0.312. The quantitative estimate of drug-likeness (QED) is 0.194. The van der Waals surface area contributed by atoms with Crippen LogP contribution in [-0.2, 0) is 52.2 Å². The predicted molar refractivity (Wildman–Crippen MR) is 234 cm³/mol. The van der Waals surface area contributed by atoms with Crippen molar-refractivity contribution >= 4 is 5.97 Å². The van der Waals surface area contributed by atoms with E-state index in [2.05, 4.69) is 52.1 Å². The second-order valence-electron chi connectivity index (χ2n) is 19.3. The lowest BCUT2D eigenvalue weighted by Gasteiger charge is -2.48. The third kappa shape index (κ3) is 10.0. The van der Waals surface area contributed by atoms with E-state index >= 15 is 0 Å². The SMILES string of the molecule is CC[C@H](C)[C@H]1O[C@]2(C=C[C@@H]1C)C[C@@H]1C[C@@H](C/C=C(\C)[C@@H](O[C@H]3C[C@H](OC)[C@@H](O[C@H]4C[C@H](OC)[C@@H](NC)[C@H](C)O4)[C@H](C)O3)[C@@H](C)/C=C/C=C3\CO[C@@H]4[C@H](O)C(C)=C[C@@H](C(=O)O1)[C@]34O)O2. The molecule has 14 heteroatoms. The van der Waals surface area contributed by atoms with E-state index in [1.54, 1.807) is 33.3 Å². The molecule has 1 aliphatic carbocycles. The van der Waals surface area contributed by atoms with E-state index in [9.17, 15) is 15.0 Å². The summed E-state index contributed by atoms with van der Waals surface area (Å²) < 4.78 is 64.6. The summed E-state index contributed by atoms with van der Waals surface area (Å²) in [6.07, 6.45) is 10.7. The van der Waals surface area contributed by atoms with Crippen molar-refractivity contribution in [2.45, 2.75) is 191 Å². The van der Waals surface area contributed by atoms with Crippen molar-refractivity contribution in [3.8, 4) is 0 Å². The maximum Gasteiger partial charge on any atom is 0.316 e. The van der Waals surface area contributed by atoms with Gasteiger partial charge in [0.1, 0.15) is 35.9 Å². The molecule has 0 unspecified atom stereocenters. The Morgan fingerprint density at radius 2 is 1.63 bits per heavy atom. The van der Waals surface area contributed by atoms with Gasteiger partial charge < -0.3 is 62.9 Å². The molecule has 6 heterocycles. The van der Waals surface area contributed by atoms with Crippen LogP contribution >= 0.6 is 0 Å². The number of fused-ring (bicyclic) bond motifs is 2. The number of carbonyl (C=O) groups is 1. The van der Waals surface area contributed by atoms with Crippen LogP contribution < -0.4 is 5.32 Å². The summed E-state index contributed by atoms with van der Waals surface area (Å²) in [5, 5.41) is 27.1. The number of hydrogen-bond donors (Lipinski definition) is 3. The first-order valence-electron chi connectivity index (χ1n) is 23.4. The number of likely N-dealkylation sites (N-methyl/N-ethyl adjacent to an activating group) is 1. The van der Waals surface area contributed by atoms with Gasteiger partial charge in [-0.3, -0.25) is 4.79 Å². The summed E-state index contributed by atoms with van der Waals surface area (Å²) in [6.45, 7) is 16.4. The van der Waals surface area contributed by atoms with E-state index in [1.165, 1.54) is 0 Å². The zero-order valence-corrected chi connectivity index (χ0v) is 39.3. The Hall–Kier alpha value is -2.31. The Morgan fingerprint density at radius 3 is 2.35 bits per heavy atom. The Kier molecular flexibility index (Phi) is 15.7. The minimum atomic E-state index is -1.83. The maximum absolute atomic E-state index is 14.4. The first-order chi connectivity index (χ1) is 30.0. The second-order valence-corrected chi connectivity index (χ2v) is 19.3. The van der Waals surface area contributed by atoms with Crippen LogP contribution in [0, 0.1) is 23.7 Å². The number of rotatable bonds is 9. The van der Waals surface area contributed by atoms with E-state index < -0.39 is 66.4 Å². The van der Waals surface area contributed by atoms with Gasteiger partial charge in [0.25, 0.3) is 0 Å². The van der Waals surface area contributed by atoms with Gasteiger partial charge in [-0.25, -0.2) is 0 Å². The summed E-state index contributed by atoms with van der Waals surface area (Å²) >= 11 is 0. The zero-order valence-electron chi connectivity index (χ0n) is 39.3. The molecule has 1 spiro atoms. The number of aliphatic hydroxyl groups is 2. The molecular weight excluding hydrogens is 811 g/mol. The molecule has 0 aromatic heterocycles.